The zero-order valence-corrected chi connectivity index (χ0v) is 11.5. The molecule has 5 heteroatoms. The molecule has 90 valence electrons. The number of nitrogens with one attached hydrogen (secondary N) is 1. The molecule has 0 aliphatic carbocycles. The maximum atomic E-state index is 4.30. The Balaban J connectivity index is 1.95. The Labute approximate surface area is 109 Å². The van der Waals surface area contributed by atoms with Crippen LogP contribution in [-0.4, -0.2) is 14.8 Å². The molecule has 4 nitrogen and oxygen atoms in total. The molecule has 17 heavy (non-hydrogen) atoms. The van der Waals surface area contributed by atoms with Crippen molar-refractivity contribution in [1.82, 2.24) is 14.8 Å². The van der Waals surface area contributed by atoms with Crippen LogP contribution in [0.3, 0.4) is 0 Å². The number of anilines is 1. The Bertz CT molecular complexity index is 476. The predicted molar refractivity (Wildman–Crippen MR) is 71.9 cm³/mol. The van der Waals surface area contributed by atoms with Crippen molar-refractivity contribution in [3.05, 3.63) is 40.9 Å². The van der Waals surface area contributed by atoms with E-state index in [4.69, 9.17) is 0 Å². The van der Waals surface area contributed by atoms with E-state index in [1.54, 1.807) is 6.20 Å². The summed E-state index contributed by atoms with van der Waals surface area (Å²) < 4.78 is 2.92. The van der Waals surface area contributed by atoms with Crippen LogP contribution in [0.1, 0.15) is 25.6 Å². The van der Waals surface area contributed by atoms with E-state index < -0.39 is 0 Å². The van der Waals surface area contributed by atoms with Crippen LogP contribution in [-0.2, 0) is 6.54 Å². The molecule has 0 bridgehead atoms. The highest BCUT2D eigenvalue weighted by Crippen LogP contribution is 2.12. The summed E-state index contributed by atoms with van der Waals surface area (Å²) in [5.41, 5.74) is 2.02. The SMILES string of the molecule is CC(C)n1cc(NCc2ccc(Br)cn2)cn1. The van der Waals surface area contributed by atoms with Gasteiger partial charge in [0.05, 0.1) is 24.1 Å². The summed E-state index contributed by atoms with van der Waals surface area (Å²) in [6.07, 6.45) is 5.64. The lowest BCUT2D eigenvalue weighted by molar-refractivity contribution is 0.532. The third-order valence-corrected chi connectivity index (χ3v) is 2.86. The molecular weight excluding hydrogens is 280 g/mol. The van der Waals surface area contributed by atoms with E-state index in [1.165, 1.54) is 0 Å². The Morgan fingerprint density at radius 3 is 2.76 bits per heavy atom. The van der Waals surface area contributed by atoms with Gasteiger partial charge in [-0.3, -0.25) is 9.67 Å². The third-order valence-electron chi connectivity index (χ3n) is 2.39. The second-order valence-electron chi connectivity index (χ2n) is 4.12. The summed E-state index contributed by atoms with van der Waals surface area (Å²) in [5, 5.41) is 7.56. The van der Waals surface area contributed by atoms with Gasteiger partial charge in [0.1, 0.15) is 0 Å². The first-order valence-electron chi connectivity index (χ1n) is 5.53. The molecule has 0 spiro atoms. The van der Waals surface area contributed by atoms with Crippen LogP contribution in [0.15, 0.2) is 35.2 Å². The lowest BCUT2D eigenvalue weighted by Crippen LogP contribution is -2.02. The summed E-state index contributed by atoms with van der Waals surface area (Å²) >= 11 is 3.36. The van der Waals surface area contributed by atoms with E-state index in [1.807, 2.05) is 29.2 Å². The van der Waals surface area contributed by atoms with Gasteiger partial charge in [0.2, 0.25) is 0 Å². The first-order valence-corrected chi connectivity index (χ1v) is 6.33. The fourth-order valence-electron chi connectivity index (χ4n) is 1.42. The van der Waals surface area contributed by atoms with Crippen molar-refractivity contribution < 1.29 is 0 Å². The molecule has 0 aromatic carbocycles. The van der Waals surface area contributed by atoms with E-state index in [2.05, 4.69) is 45.2 Å². The fraction of sp³-hybridized carbons (Fsp3) is 0.333. The van der Waals surface area contributed by atoms with Crippen LogP contribution >= 0.6 is 15.9 Å². The molecule has 0 aliphatic heterocycles. The molecule has 0 fully saturated rings. The number of aromatic nitrogens is 3. The maximum Gasteiger partial charge on any atom is 0.0729 e. The topological polar surface area (TPSA) is 42.7 Å². The molecule has 1 N–H and O–H groups in total. The molecule has 0 aliphatic rings. The summed E-state index contributed by atoms with van der Waals surface area (Å²) in [4.78, 5) is 4.30. The normalized spacial score (nSPS) is 10.8. The fourth-order valence-corrected chi connectivity index (χ4v) is 1.65. The van der Waals surface area contributed by atoms with Gasteiger partial charge in [0, 0.05) is 22.9 Å². The van der Waals surface area contributed by atoms with Crippen LogP contribution in [0, 0.1) is 0 Å². The van der Waals surface area contributed by atoms with E-state index in [9.17, 15) is 0 Å². The zero-order valence-electron chi connectivity index (χ0n) is 9.89. The van der Waals surface area contributed by atoms with Crippen LogP contribution in [0.4, 0.5) is 5.69 Å². The number of rotatable bonds is 4. The van der Waals surface area contributed by atoms with Crippen molar-refractivity contribution in [2.45, 2.75) is 26.4 Å². The lowest BCUT2D eigenvalue weighted by atomic mass is 10.3. The first-order chi connectivity index (χ1) is 8.15. The highest BCUT2D eigenvalue weighted by Gasteiger charge is 2.01. The Morgan fingerprint density at radius 1 is 1.35 bits per heavy atom. The largest absolute Gasteiger partial charge is 0.377 e. The van der Waals surface area contributed by atoms with Crippen molar-refractivity contribution in [1.29, 1.82) is 0 Å². The van der Waals surface area contributed by atoms with Crippen LogP contribution < -0.4 is 5.32 Å². The Kier molecular flexibility index (Phi) is 3.78. The van der Waals surface area contributed by atoms with Gasteiger partial charge in [-0.2, -0.15) is 5.10 Å². The third kappa shape index (κ3) is 3.30. The molecule has 0 unspecified atom stereocenters. The Hall–Kier alpha value is -1.36. The second kappa shape index (κ2) is 5.31. The minimum atomic E-state index is 0.386. The van der Waals surface area contributed by atoms with Gasteiger partial charge in [-0.15, -0.1) is 0 Å². The number of nitrogens with zero attached hydrogens (tertiary/aromatic N) is 3. The molecular formula is C12H15BrN4. The Morgan fingerprint density at radius 2 is 2.18 bits per heavy atom. The summed E-state index contributed by atoms with van der Waals surface area (Å²) in [6, 6.07) is 4.36. The molecule has 0 atom stereocenters. The van der Waals surface area contributed by atoms with Crippen LogP contribution in [0.25, 0.3) is 0 Å². The minimum absolute atomic E-state index is 0.386. The number of hydrogen-bond donors (Lipinski definition) is 1. The number of pyridine rings is 1. The predicted octanol–water partition coefficient (Wildman–Crippen LogP) is 3.23. The van der Waals surface area contributed by atoms with Gasteiger partial charge in [-0.05, 0) is 41.9 Å². The summed E-state index contributed by atoms with van der Waals surface area (Å²) in [6.45, 7) is 4.91. The molecule has 0 radical (unpaired) electrons. The summed E-state index contributed by atoms with van der Waals surface area (Å²) in [5.74, 6) is 0. The smallest absolute Gasteiger partial charge is 0.0729 e. The van der Waals surface area contributed by atoms with E-state index in [-0.39, 0.29) is 0 Å². The zero-order chi connectivity index (χ0) is 12.3. The quantitative estimate of drug-likeness (QED) is 0.941. The summed E-state index contributed by atoms with van der Waals surface area (Å²) in [7, 11) is 0. The van der Waals surface area contributed by atoms with Gasteiger partial charge in [0.15, 0.2) is 0 Å². The average molecular weight is 295 g/mol. The molecule has 0 saturated carbocycles. The van der Waals surface area contributed by atoms with E-state index in [0.29, 0.717) is 12.6 Å². The monoisotopic (exact) mass is 294 g/mol. The maximum absolute atomic E-state index is 4.30. The van der Waals surface area contributed by atoms with Crippen molar-refractivity contribution >= 4 is 21.6 Å². The average Bonchev–Trinajstić information content (AvgIpc) is 2.77. The van der Waals surface area contributed by atoms with Crippen molar-refractivity contribution in [3.63, 3.8) is 0 Å². The molecule has 0 saturated heterocycles. The minimum Gasteiger partial charge on any atom is -0.377 e. The van der Waals surface area contributed by atoms with Crippen LogP contribution in [0.2, 0.25) is 0 Å². The van der Waals surface area contributed by atoms with Crippen molar-refractivity contribution in [3.8, 4) is 0 Å². The number of halogens is 1. The highest BCUT2D eigenvalue weighted by molar-refractivity contribution is 9.10. The van der Waals surface area contributed by atoms with Gasteiger partial charge >= 0.3 is 0 Å². The molecule has 2 aromatic rings. The van der Waals surface area contributed by atoms with Crippen LogP contribution in [0.5, 0.6) is 0 Å². The lowest BCUT2D eigenvalue weighted by Gasteiger charge is -2.04. The standard InChI is InChI=1S/C12H15BrN4/c1-9(2)17-8-12(7-16-17)15-6-11-4-3-10(13)5-14-11/h3-5,7-9,15H,6H2,1-2H3. The molecule has 2 rings (SSSR count). The first kappa shape index (κ1) is 12.1. The van der Waals surface area contributed by atoms with E-state index in [0.717, 1.165) is 15.9 Å². The number of hydrogen-bond acceptors (Lipinski definition) is 3. The second-order valence-corrected chi connectivity index (χ2v) is 5.04. The molecule has 2 aromatic heterocycles. The van der Waals surface area contributed by atoms with E-state index >= 15 is 0 Å². The van der Waals surface area contributed by atoms with Gasteiger partial charge in [-0.25, -0.2) is 0 Å². The highest BCUT2D eigenvalue weighted by atomic mass is 79.9. The van der Waals surface area contributed by atoms with Crippen molar-refractivity contribution in [2.24, 2.45) is 0 Å². The van der Waals surface area contributed by atoms with Gasteiger partial charge in [-0.1, -0.05) is 0 Å². The van der Waals surface area contributed by atoms with Gasteiger partial charge in [0.25, 0.3) is 0 Å². The molecule has 0 amide bonds. The molecule has 2 heterocycles. The van der Waals surface area contributed by atoms with Gasteiger partial charge < -0.3 is 5.32 Å². The van der Waals surface area contributed by atoms with Crippen molar-refractivity contribution in [2.75, 3.05) is 5.32 Å².